The largest absolute Gasteiger partial charge is 0.350 e. The van der Waals surface area contributed by atoms with Crippen molar-refractivity contribution in [2.24, 2.45) is 5.92 Å². The van der Waals surface area contributed by atoms with Gasteiger partial charge in [0.25, 0.3) is 11.5 Å². The first-order chi connectivity index (χ1) is 8.63. The summed E-state index contributed by atoms with van der Waals surface area (Å²) in [6.07, 6.45) is 4.06. The van der Waals surface area contributed by atoms with Gasteiger partial charge in [-0.2, -0.15) is 5.10 Å². The Balaban J connectivity index is 1.89. The summed E-state index contributed by atoms with van der Waals surface area (Å²) in [5.41, 5.74) is 1.15. The molecule has 18 heavy (non-hydrogen) atoms. The molecule has 1 fully saturated rings. The predicted molar refractivity (Wildman–Crippen MR) is 65.6 cm³/mol. The van der Waals surface area contributed by atoms with Crippen molar-refractivity contribution < 1.29 is 4.79 Å². The molecule has 6 nitrogen and oxygen atoms in total. The highest BCUT2D eigenvalue weighted by Gasteiger charge is 2.22. The lowest BCUT2D eigenvalue weighted by molar-refractivity contribution is 0.0946. The summed E-state index contributed by atoms with van der Waals surface area (Å²) < 4.78 is 1.44. The van der Waals surface area contributed by atoms with Crippen LogP contribution < -0.4 is 10.9 Å². The normalized spacial score (nSPS) is 14.9. The molecule has 0 spiro atoms. The Kier molecular flexibility index (Phi) is 2.43. The van der Waals surface area contributed by atoms with Crippen LogP contribution in [0.2, 0.25) is 0 Å². The number of aromatic amines is 1. The van der Waals surface area contributed by atoms with Gasteiger partial charge in [0.05, 0.1) is 0 Å². The van der Waals surface area contributed by atoms with E-state index in [1.807, 2.05) is 0 Å². The van der Waals surface area contributed by atoms with Crippen LogP contribution in [0, 0.1) is 12.8 Å². The number of aromatic nitrogens is 3. The highest BCUT2D eigenvalue weighted by Crippen LogP contribution is 2.27. The molecule has 2 aromatic rings. The van der Waals surface area contributed by atoms with Gasteiger partial charge in [-0.25, -0.2) is 4.52 Å². The van der Waals surface area contributed by atoms with Gasteiger partial charge in [0.2, 0.25) is 0 Å². The van der Waals surface area contributed by atoms with E-state index in [1.54, 1.807) is 13.1 Å². The van der Waals surface area contributed by atoms with Crippen LogP contribution in [0.3, 0.4) is 0 Å². The number of H-pyrrole nitrogens is 1. The van der Waals surface area contributed by atoms with Crippen molar-refractivity contribution in [1.29, 1.82) is 0 Å². The topological polar surface area (TPSA) is 79.3 Å². The fourth-order valence-corrected chi connectivity index (χ4v) is 1.88. The van der Waals surface area contributed by atoms with Crippen molar-refractivity contribution in [3.8, 4) is 0 Å². The lowest BCUT2D eigenvalue weighted by Crippen LogP contribution is -2.25. The Morgan fingerprint density at radius 1 is 1.61 bits per heavy atom. The fourth-order valence-electron chi connectivity index (χ4n) is 1.88. The highest BCUT2D eigenvalue weighted by molar-refractivity contribution is 5.93. The molecule has 0 aromatic carbocycles. The van der Waals surface area contributed by atoms with Gasteiger partial charge in [0, 0.05) is 24.5 Å². The smallest absolute Gasteiger partial charge is 0.274 e. The number of aryl methyl sites for hydroxylation is 1. The molecule has 0 aliphatic heterocycles. The second-order valence-electron chi connectivity index (χ2n) is 4.78. The first-order valence-corrected chi connectivity index (χ1v) is 6.01. The van der Waals surface area contributed by atoms with E-state index in [2.05, 4.69) is 15.4 Å². The van der Waals surface area contributed by atoms with Crippen LogP contribution in [0.1, 0.15) is 29.0 Å². The van der Waals surface area contributed by atoms with Crippen molar-refractivity contribution in [2.45, 2.75) is 19.8 Å². The van der Waals surface area contributed by atoms with Crippen LogP contribution >= 0.6 is 0 Å². The summed E-state index contributed by atoms with van der Waals surface area (Å²) in [7, 11) is 0. The minimum atomic E-state index is -0.233. The summed E-state index contributed by atoms with van der Waals surface area (Å²) in [6.45, 7) is 2.47. The number of nitrogens with one attached hydrogen (secondary N) is 2. The zero-order chi connectivity index (χ0) is 12.7. The van der Waals surface area contributed by atoms with E-state index in [9.17, 15) is 9.59 Å². The molecule has 3 rings (SSSR count). The Bertz CT molecular complexity index is 666. The molecule has 0 unspecified atom stereocenters. The van der Waals surface area contributed by atoms with Crippen molar-refractivity contribution >= 4 is 11.4 Å². The number of rotatable bonds is 3. The lowest BCUT2D eigenvalue weighted by Gasteiger charge is -1.99. The van der Waals surface area contributed by atoms with Crippen molar-refractivity contribution in [3.63, 3.8) is 0 Å². The molecular formula is C12H14N4O2. The molecule has 0 radical (unpaired) electrons. The van der Waals surface area contributed by atoms with Gasteiger partial charge in [-0.15, -0.1) is 0 Å². The molecular weight excluding hydrogens is 232 g/mol. The van der Waals surface area contributed by atoms with Gasteiger partial charge in [0.15, 0.2) is 5.69 Å². The lowest BCUT2D eigenvalue weighted by atomic mass is 10.3. The number of hydrogen-bond acceptors (Lipinski definition) is 3. The molecule has 2 N–H and O–H groups in total. The number of carbonyl (C=O) groups excluding carboxylic acids is 1. The second-order valence-corrected chi connectivity index (χ2v) is 4.78. The maximum Gasteiger partial charge on any atom is 0.274 e. The SMILES string of the molecule is Cc1cn2nc(C(=O)NCC3CC3)cc2c(=O)[nH]1. The first-order valence-electron chi connectivity index (χ1n) is 6.01. The van der Waals surface area contributed by atoms with E-state index in [-0.39, 0.29) is 17.2 Å². The number of carbonyl (C=O) groups is 1. The third kappa shape index (κ3) is 2.01. The summed E-state index contributed by atoms with van der Waals surface area (Å²) >= 11 is 0. The van der Waals surface area contributed by atoms with E-state index in [0.717, 1.165) is 0 Å². The summed E-state index contributed by atoms with van der Waals surface area (Å²) in [6, 6.07) is 1.51. The van der Waals surface area contributed by atoms with Gasteiger partial charge < -0.3 is 10.3 Å². The maximum absolute atomic E-state index is 11.8. The molecule has 6 heteroatoms. The molecule has 0 bridgehead atoms. The Hall–Kier alpha value is -2.11. The standard InChI is InChI=1S/C12H14N4O2/c1-7-6-16-10(12(18)14-7)4-9(15-16)11(17)13-5-8-2-3-8/h4,6,8H,2-3,5H2,1H3,(H,13,17)(H,14,18). The molecule has 2 heterocycles. The molecule has 0 atom stereocenters. The number of fused-ring (bicyclic) bond motifs is 1. The predicted octanol–water partition coefficient (Wildman–Crippen LogP) is 0.471. The molecule has 1 aliphatic rings. The van der Waals surface area contributed by atoms with Crippen LogP contribution in [-0.2, 0) is 0 Å². The molecule has 1 aliphatic carbocycles. The molecule has 94 valence electrons. The molecule has 0 saturated heterocycles. The average Bonchev–Trinajstić information content (AvgIpc) is 3.04. The van der Waals surface area contributed by atoms with Crippen molar-refractivity contribution in [1.82, 2.24) is 19.9 Å². The second kappa shape index (κ2) is 3.97. The first kappa shape index (κ1) is 11.0. The average molecular weight is 246 g/mol. The van der Waals surface area contributed by atoms with Crippen molar-refractivity contribution in [3.05, 3.63) is 34.0 Å². The highest BCUT2D eigenvalue weighted by atomic mass is 16.2. The Morgan fingerprint density at radius 2 is 2.39 bits per heavy atom. The van der Waals surface area contributed by atoms with Crippen LogP contribution in [-0.4, -0.2) is 27.0 Å². The zero-order valence-corrected chi connectivity index (χ0v) is 10.1. The Morgan fingerprint density at radius 3 is 3.11 bits per heavy atom. The summed E-state index contributed by atoms with van der Waals surface area (Å²) in [5, 5.41) is 6.95. The quantitative estimate of drug-likeness (QED) is 0.826. The van der Waals surface area contributed by atoms with Crippen molar-refractivity contribution in [2.75, 3.05) is 6.54 Å². The van der Waals surface area contributed by atoms with Gasteiger partial charge in [0.1, 0.15) is 5.52 Å². The summed E-state index contributed by atoms with van der Waals surface area (Å²) in [4.78, 5) is 26.2. The number of hydrogen-bond donors (Lipinski definition) is 2. The van der Waals surface area contributed by atoms with Crippen LogP contribution in [0.25, 0.3) is 5.52 Å². The van der Waals surface area contributed by atoms with Gasteiger partial charge in [-0.1, -0.05) is 0 Å². The van der Waals surface area contributed by atoms with Crippen LogP contribution in [0.5, 0.6) is 0 Å². The minimum Gasteiger partial charge on any atom is -0.350 e. The number of nitrogens with zero attached hydrogens (tertiary/aromatic N) is 2. The van der Waals surface area contributed by atoms with E-state index >= 15 is 0 Å². The van der Waals surface area contributed by atoms with E-state index < -0.39 is 0 Å². The zero-order valence-electron chi connectivity index (χ0n) is 10.1. The van der Waals surface area contributed by atoms with Crippen LogP contribution in [0.4, 0.5) is 0 Å². The number of amides is 1. The summed E-state index contributed by atoms with van der Waals surface area (Å²) in [5.74, 6) is 0.402. The van der Waals surface area contributed by atoms with E-state index in [0.29, 0.717) is 23.7 Å². The third-order valence-electron chi connectivity index (χ3n) is 3.08. The minimum absolute atomic E-state index is 0.220. The third-order valence-corrected chi connectivity index (χ3v) is 3.08. The van der Waals surface area contributed by atoms with Gasteiger partial charge in [-0.3, -0.25) is 9.59 Å². The molecule has 2 aromatic heterocycles. The molecule has 1 saturated carbocycles. The fraction of sp³-hybridized carbons (Fsp3) is 0.417. The van der Waals surface area contributed by atoms with Gasteiger partial charge >= 0.3 is 0 Å². The van der Waals surface area contributed by atoms with Gasteiger partial charge in [-0.05, 0) is 25.7 Å². The van der Waals surface area contributed by atoms with E-state index in [4.69, 9.17) is 0 Å². The van der Waals surface area contributed by atoms with E-state index in [1.165, 1.54) is 23.4 Å². The molecule has 1 amide bonds. The Labute approximate surface area is 103 Å². The van der Waals surface area contributed by atoms with Crippen LogP contribution in [0.15, 0.2) is 17.1 Å². The monoisotopic (exact) mass is 246 g/mol. The maximum atomic E-state index is 11.8.